The standard InChI is InChI=1S/C23H36N4O/c1-5-11-27-14-16(25-23(28)26(6-2)7-3)12-19-17-9-8-10-20-22(17)18(13-21(19)27)15(4)24-20/h8-10,15-16,18-19,21,24H,5-7,11-14H2,1-4H3,(H,25,28)/t15?,16-,18?,19?,21+/m0/s1. The smallest absolute Gasteiger partial charge is 0.317 e. The largest absolute Gasteiger partial charge is 0.382 e. The molecule has 2 aliphatic heterocycles. The van der Waals surface area contributed by atoms with Crippen LogP contribution in [0, 0.1) is 0 Å². The lowest BCUT2D eigenvalue weighted by atomic mass is 9.68. The normalized spacial score (nSPS) is 30.9. The first-order valence-corrected chi connectivity index (χ1v) is 11.3. The van der Waals surface area contributed by atoms with Crippen molar-refractivity contribution >= 4 is 11.7 Å². The van der Waals surface area contributed by atoms with E-state index >= 15 is 0 Å². The molecular weight excluding hydrogens is 348 g/mol. The van der Waals surface area contributed by atoms with Gasteiger partial charge in [0.05, 0.1) is 0 Å². The Morgan fingerprint density at radius 1 is 1.21 bits per heavy atom. The minimum Gasteiger partial charge on any atom is -0.382 e. The number of nitrogens with zero attached hydrogens (tertiary/aromatic N) is 2. The van der Waals surface area contributed by atoms with Gasteiger partial charge in [0.2, 0.25) is 0 Å². The second kappa shape index (κ2) is 7.94. The summed E-state index contributed by atoms with van der Waals surface area (Å²) in [5.41, 5.74) is 4.42. The molecule has 0 aromatic heterocycles. The van der Waals surface area contributed by atoms with Crippen molar-refractivity contribution in [3.8, 4) is 0 Å². The SMILES string of the molecule is CCCN1C[C@@H](NC(=O)N(CC)CC)CC2c3cccc4c3C(C[C@H]21)C(C)N4. The average Bonchev–Trinajstić information content (AvgIpc) is 3.00. The van der Waals surface area contributed by atoms with Crippen LogP contribution in [0.15, 0.2) is 18.2 Å². The molecular formula is C23H36N4O. The van der Waals surface area contributed by atoms with Gasteiger partial charge < -0.3 is 15.5 Å². The molecule has 0 saturated carbocycles. The van der Waals surface area contributed by atoms with Crippen LogP contribution in [0.1, 0.15) is 69.9 Å². The fraction of sp³-hybridized carbons (Fsp3) is 0.696. The number of amides is 2. The van der Waals surface area contributed by atoms with Gasteiger partial charge >= 0.3 is 6.03 Å². The Hall–Kier alpha value is -1.75. The highest BCUT2D eigenvalue weighted by Gasteiger charge is 2.46. The van der Waals surface area contributed by atoms with E-state index in [4.69, 9.17) is 0 Å². The summed E-state index contributed by atoms with van der Waals surface area (Å²) in [5, 5.41) is 7.07. The molecule has 1 saturated heterocycles. The molecule has 2 amide bonds. The van der Waals surface area contributed by atoms with Crippen molar-refractivity contribution in [2.75, 3.05) is 31.5 Å². The van der Waals surface area contributed by atoms with Gasteiger partial charge in [0.25, 0.3) is 0 Å². The molecule has 154 valence electrons. The van der Waals surface area contributed by atoms with Crippen LogP contribution in [0.4, 0.5) is 10.5 Å². The molecule has 28 heavy (non-hydrogen) atoms. The molecule has 5 nitrogen and oxygen atoms in total. The molecule has 4 rings (SSSR count). The summed E-state index contributed by atoms with van der Waals surface area (Å²) in [6.07, 6.45) is 3.44. The third-order valence-electron chi connectivity index (χ3n) is 7.21. The predicted molar refractivity (Wildman–Crippen MR) is 115 cm³/mol. The van der Waals surface area contributed by atoms with Crippen molar-refractivity contribution in [2.45, 2.75) is 76.9 Å². The van der Waals surface area contributed by atoms with Crippen molar-refractivity contribution < 1.29 is 4.79 Å². The number of carbonyl (C=O) groups is 1. The van der Waals surface area contributed by atoms with E-state index in [1.165, 1.54) is 17.7 Å². The number of rotatable bonds is 5. The van der Waals surface area contributed by atoms with E-state index in [-0.39, 0.29) is 12.1 Å². The molecule has 1 aromatic carbocycles. The van der Waals surface area contributed by atoms with Crippen LogP contribution in [-0.2, 0) is 0 Å². The van der Waals surface area contributed by atoms with Gasteiger partial charge in [0, 0.05) is 55.3 Å². The van der Waals surface area contributed by atoms with E-state index < -0.39 is 0 Å². The molecule has 5 atom stereocenters. The molecule has 1 fully saturated rings. The first-order chi connectivity index (χ1) is 13.6. The molecule has 5 heteroatoms. The lowest BCUT2D eigenvalue weighted by Gasteiger charge is -2.49. The quantitative estimate of drug-likeness (QED) is 0.807. The maximum absolute atomic E-state index is 12.7. The van der Waals surface area contributed by atoms with Gasteiger partial charge in [0.15, 0.2) is 0 Å². The number of hydrogen-bond acceptors (Lipinski definition) is 3. The third kappa shape index (κ3) is 3.28. The Morgan fingerprint density at radius 3 is 2.71 bits per heavy atom. The topological polar surface area (TPSA) is 47.6 Å². The number of anilines is 1. The van der Waals surface area contributed by atoms with Gasteiger partial charge in [-0.3, -0.25) is 4.90 Å². The van der Waals surface area contributed by atoms with E-state index in [1.54, 1.807) is 5.56 Å². The average molecular weight is 385 g/mol. The summed E-state index contributed by atoms with van der Waals surface area (Å²) in [6, 6.07) is 8.22. The second-order valence-electron chi connectivity index (χ2n) is 8.81. The summed E-state index contributed by atoms with van der Waals surface area (Å²) in [7, 11) is 0. The van der Waals surface area contributed by atoms with Crippen LogP contribution in [0.3, 0.4) is 0 Å². The highest BCUT2D eigenvalue weighted by atomic mass is 16.2. The zero-order chi connectivity index (χ0) is 19.8. The van der Waals surface area contributed by atoms with Crippen molar-refractivity contribution in [3.63, 3.8) is 0 Å². The van der Waals surface area contributed by atoms with Crippen molar-refractivity contribution in [1.29, 1.82) is 0 Å². The maximum atomic E-state index is 12.7. The molecule has 0 bridgehead atoms. The number of urea groups is 1. The summed E-state index contributed by atoms with van der Waals surface area (Å²) >= 11 is 0. The number of carbonyl (C=O) groups excluding carboxylic acids is 1. The molecule has 0 radical (unpaired) electrons. The molecule has 2 N–H and O–H groups in total. The van der Waals surface area contributed by atoms with Crippen molar-refractivity contribution in [1.82, 2.24) is 15.1 Å². The maximum Gasteiger partial charge on any atom is 0.317 e. The molecule has 3 aliphatic rings. The van der Waals surface area contributed by atoms with Crippen molar-refractivity contribution in [2.24, 2.45) is 0 Å². The van der Waals surface area contributed by atoms with Crippen LogP contribution in [0.25, 0.3) is 0 Å². The summed E-state index contributed by atoms with van der Waals surface area (Å²) in [4.78, 5) is 17.2. The number of likely N-dealkylation sites (tertiary alicyclic amines) is 1. The van der Waals surface area contributed by atoms with Gasteiger partial charge in [0.1, 0.15) is 0 Å². The summed E-state index contributed by atoms with van der Waals surface area (Å²) in [5.74, 6) is 1.13. The van der Waals surface area contributed by atoms with Gasteiger partial charge in [-0.05, 0) is 63.8 Å². The lowest BCUT2D eigenvalue weighted by molar-refractivity contribution is 0.0818. The molecule has 1 aromatic rings. The Kier molecular flexibility index (Phi) is 5.55. The minimum atomic E-state index is 0.0900. The number of fused-ring (bicyclic) bond motifs is 2. The second-order valence-corrected chi connectivity index (χ2v) is 8.81. The van der Waals surface area contributed by atoms with Gasteiger partial charge in [-0.1, -0.05) is 19.1 Å². The first-order valence-electron chi connectivity index (χ1n) is 11.3. The van der Waals surface area contributed by atoms with Gasteiger partial charge in [-0.15, -0.1) is 0 Å². The summed E-state index contributed by atoms with van der Waals surface area (Å²) in [6.45, 7) is 12.3. The monoisotopic (exact) mass is 384 g/mol. The highest BCUT2D eigenvalue weighted by Crippen LogP contribution is 2.52. The highest BCUT2D eigenvalue weighted by molar-refractivity contribution is 5.74. The third-order valence-corrected chi connectivity index (χ3v) is 7.21. The van der Waals surface area contributed by atoms with E-state index in [0.717, 1.165) is 39.0 Å². The van der Waals surface area contributed by atoms with Crippen LogP contribution in [0.5, 0.6) is 0 Å². The summed E-state index contributed by atoms with van der Waals surface area (Å²) < 4.78 is 0. The number of hydrogen-bond donors (Lipinski definition) is 2. The van der Waals surface area contributed by atoms with Gasteiger partial charge in [-0.2, -0.15) is 0 Å². The van der Waals surface area contributed by atoms with E-state index in [2.05, 4.69) is 47.6 Å². The van der Waals surface area contributed by atoms with Crippen LogP contribution < -0.4 is 10.6 Å². The van der Waals surface area contributed by atoms with Gasteiger partial charge in [-0.25, -0.2) is 4.79 Å². The Bertz CT molecular complexity index is 717. The fourth-order valence-corrected chi connectivity index (χ4v) is 5.91. The number of piperidine rings is 1. The Labute approximate surface area is 169 Å². The molecule has 2 heterocycles. The Morgan fingerprint density at radius 2 is 2.00 bits per heavy atom. The Balaban J connectivity index is 1.61. The molecule has 1 aliphatic carbocycles. The number of nitrogens with one attached hydrogen (secondary N) is 2. The van der Waals surface area contributed by atoms with Crippen LogP contribution >= 0.6 is 0 Å². The number of benzene rings is 1. The predicted octanol–water partition coefficient (Wildman–Crippen LogP) is 3.98. The van der Waals surface area contributed by atoms with Crippen LogP contribution in [-0.4, -0.2) is 60.1 Å². The van der Waals surface area contributed by atoms with Crippen LogP contribution in [0.2, 0.25) is 0 Å². The zero-order valence-corrected chi connectivity index (χ0v) is 17.9. The van der Waals surface area contributed by atoms with E-state index in [9.17, 15) is 4.79 Å². The molecule has 0 spiro atoms. The van der Waals surface area contributed by atoms with Crippen molar-refractivity contribution in [3.05, 3.63) is 29.3 Å². The first kappa shape index (κ1) is 19.6. The fourth-order valence-electron chi connectivity index (χ4n) is 5.91. The lowest BCUT2D eigenvalue weighted by Crippen LogP contribution is -2.58. The zero-order valence-electron chi connectivity index (χ0n) is 17.9. The minimum absolute atomic E-state index is 0.0900. The molecule has 3 unspecified atom stereocenters. The van der Waals surface area contributed by atoms with E-state index in [1.807, 2.05) is 18.7 Å². The van der Waals surface area contributed by atoms with E-state index in [0.29, 0.717) is 23.9 Å².